The Labute approximate surface area is 98.9 Å². The van der Waals surface area contributed by atoms with E-state index in [1.807, 2.05) is 23.9 Å². The molecule has 4 nitrogen and oxygen atoms in total. The highest BCUT2D eigenvalue weighted by molar-refractivity contribution is 6.03. The zero-order chi connectivity index (χ0) is 12.0. The maximum atomic E-state index is 11.7. The van der Waals surface area contributed by atoms with E-state index in [2.05, 4.69) is 5.32 Å². The molecule has 1 saturated carbocycles. The topological polar surface area (TPSA) is 54.3 Å². The van der Waals surface area contributed by atoms with Crippen LogP contribution < -0.4 is 5.32 Å². The Hall–Kier alpha value is -1.97. The van der Waals surface area contributed by atoms with Gasteiger partial charge in [0.1, 0.15) is 5.75 Å². The number of rotatable bonds is 2. The third kappa shape index (κ3) is 1.75. The molecular formula is C13H14N2O2. The summed E-state index contributed by atoms with van der Waals surface area (Å²) in [6, 6.07) is 5.17. The summed E-state index contributed by atoms with van der Waals surface area (Å²) in [6.45, 7) is 0. The Balaban J connectivity index is 2.02. The smallest absolute Gasteiger partial charge is 0.227 e. The second-order valence-electron chi connectivity index (χ2n) is 4.62. The number of carbonyl (C=O) groups is 1. The van der Waals surface area contributed by atoms with Crippen LogP contribution in [0.3, 0.4) is 0 Å². The van der Waals surface area contributed by atoms with Crippen LogP contribution >= 0.6 is 0 Å². The van der Waals surface area contributed by atoms with Crippen molar-refractivity contribution in [1.29, 1.82) is 0 Å². The van der Waals surface area contributed by atoms with Crippen LogP contribution in [0.4, 0.5) is 5.69 Å². The van der Waals surface area contributed by atoms with E-state index >= 15 is 0 Å². The molecule has 1 aliphatic rings. The van der Waals surface area contributed by atoms with Gasteiger partial charge in [0, 0.05) is 24.5 Å². The first-order chi connectivity index (χ1) is 8.15. The summed E-state index contributed by atoms with van der Waals surface area (Å²) in [5.74, 6) is 0.481. The molecule has 0 radical (unpaired) electrons. The molecule has 0 bridgehead atoms. The molecule has 3 rings (SSSR count). The van der Waals surface area contributed by atoms with Crippen LogP contribution in [0.2, 0.25) is 0 Å². The lowest BCUT2D eigenvalue weighted by atomic mass is 10.2. The van der Waals surface area contributed by atoms with E-state index in [9.17, 15) is 9.90 Å². The second-order valence-corrected chi connectivity index (χ2v) is 4.62. The van der Waals surface area contributed by atoms with Gasteiger partial charge in [-0.1, -0.05) is 0 Å². The highest BCUT2D eigenvalue weighted by Crippen LogP contribution is 2.33. The number of benzene rings is 1. The van der Waals surface area contributed by atoms with Gasteiger partial charge in [0.05, 0.1) is 11.2 Å². The number of anilines is 1. The minimum atomic E-state index is 0.0841. The van der Waals surface area contributed by atoms with Crippen LogP contribution in [0.25, 0.3) is 10.9 Å². The zero-order valence-electron chi connectivity index (χ0n) is 9.60. The Morgan fingerprint density at radius 1 is 1.47 bits per heavy atom. The zero-order valence-corrected chi connectivity index (χ0v) is 9.60. The Morgan fingerprint density at radius 2 is 2.24 bits per heavy atom. The summed E-state index contributed by atoms with van der Waals surface area (Å²) in [7, 11) is 1.92. The molecule has 0 atom stereocenters. The van der Waals surface area contributed by atoms with Crippen molar-refractivity contribution in [3.63, 3.8) is 0 Å². The summed E-state index contributed by atoms with van der Waals surface area (Å²) in [5.41, 5.74) is 1.77. The molecule has 1 aromatic carbocycles. The molecule has 2 N–H and O–H groups in total. The van der Waals surface area contributed by atoms with Gasteiger partial charge in [-0.3, -0.25) is 4.79 Å². The standard InChI is InChI=1S/C13H14N2O2/c1-15-7-11(14-13(17)8-2-3-8)10-6-9(16)4-5-12(10)15/h4-8,16H,2-3H2,1H3,(H,14,17). The van der Waals surface area contributed by atoms with Crippen molar-refractivity contribution in [1.82, 2.24) is 4.57 Å². The van der Waals surface area contributed by atoms with Gasteiger partial charge >= 0.3 is 0 Å². The molecule has 17 heavy (non-hydrogen) atoms. The first kappa shape index (κ1) is 10.2. The molecule has 4 heteroatoms. The number of hydrogen-bond acceptors (Lipinski definition) is 2. The van der Waals surface area contributed by atoms with Crippen molar-refractivity contribution in [3.8, 4) is 5.75 Å². The number of aryl methyl sites for hydroxylation is 1. The van der Waals surface area contributed by atoms with Gasteiger partial charge in [-0.25, -0.2) is 0 Å². The third-order valence-corrected chi connectivity index (χ3v) is 3.18. The molecule has 0 unspecified atom stereocenters. The van der Waals surface area contributed by atoms with E-state index in [-0.39, 0.29) is 17.6 Å². The molecule has 1 aromatic heterocycles. The van der Waals surface area contributed by atoms with E-state index in [1.54, 1.807) is 12.1 Å². The number of phenols is 1. The van der Waals surface area contributed by atoms with E-state index < -0.39 is 0 Å². The molecule has 0 saturated heterocycles. The fraction of sp³-hybridized carbons (Fsp3) is 0.308. The van der Waals surface area contributed by atoms with E-state index in [0.717, 1.165) is 29.4 Å². The lowest BCUT2D eigenvalue weighted by Gasteiger charge is -2.02. The summed E-state index contributed by atoms with van der Waals surface area (Å²) in [5, 5.41) is 13.3. The van der Waals surface area contributed by atoms with Gasteiger partial charge in [0.15, 0.2) is 0 Å². The minimum Gasteiger partial charge on any atom is -0.508 e. The average Bonchev–Trinajstić information content (AvgIpc) is 3.07. The van der Waals surface area contributed by atoms with Crippen LogP contribution in [0, 0.1) is 5.92 Å². The molecule has 2 aromatic rings. The number of fused-ring (bicyclic) bond motifs is 1. The minimum absolute atomic E-state index is 0.0841. The van der Waals surface area contributed by atoms with Gasteiger partial charge in [-0.2, -0.15) is 0 Å². The summed E-state index contributed by atoms with van der Waals surface area (Å²) in [6.07, 6.45) is 3.86. The maximum absolute atomic E-state index is 11.7. The fourth-order valence-corrected chi connectivity index (χ4v) is 2.06. The quantitative estimate of drug-likeness (QED) is 0.831. The number of phenolic OH excluding ortho intramolecular Hbond substituents is 1. The average molecular weight is 230 g/mol. The van der Waals surface area contributed by atoms with E-state index in [0.29, 0.717) is 0 Å². The number of nitrogens with zero attached hydrogens (tertiary/aromatic N) is 1. The Kier molecular flexibility index (Phi) is 2.11. The third-order valence-electron chi connectivity index (χ3n) is 3.18. The van der Waals surface area contributed by atoms with E-state index in [1.165, 1.54) is 0 Å². The van der Waals surface area contributed by atoms with Crippen molar-refractivity contribution in [2.24, 2.45) is 13.0 Å². The summed E-state index contributed by atoms with van der Waals surface area (Å²) >= 11 is 0. The van der Waals surface area contributed by atoms with Crippen LogP contribution in [-0.2, 0) is 11.8 Å². The van der Waals surface area contributed by atoms with Gasteiger partial charge in [0.2, 0.25) is 5.91 Å². The van der Waals surface area contributed by atoms with Gasteiger partial charge in [0.25, 0.3) is 0 Å². The summed E-state index contributed by atoms with van der Waals surface area (Å²) < 4.78 is 1.94. The largest absolute Gasteiger partial charge is 0.508 e. The molecule has 88 valence electrons. The van der Waals surface area contributed by atoms with Crippen LogP contribution in [0.15, 0.2) is 24.4 Å². The van der Waals surface area contributed by atoms with Gasteiger partial charge in [-0.05, 0) is 31.0 Å². The molecular weight excluding hydrogens is 216 g/mol. The van der Waals surface area contributed by atoms with Crippen LogP contribution in [0.1, 0.15) is 12.8 Å². The fourth-order valence-electron chi connectivity index (χ4n) is 2.06. The Bertz CT molecular complexity index is 597. The number of nitrogens with one attached hydrogen (secondary N) is 1. The molecule has 1 fully saturated rings. The number of amides is 1. The summed E-state index contributed by atoms with van der Waals surface area (Å²) in [4.78, 5) is 11.7. The lowest BCUT2D eigenvalue weighted by molar-refractivity contribution is -0.117. The van der Waals surface area contributed by atoms with Crippen molar-refractivity contribution in [3.05, 3.63) is 24.4 Å². The SMILES string of the molecule is Cn1cc(NC(=O)C2CC2)c2cc(O)ccc21. The number of aromatic hydroxyl groups is 1. The van der Waals surface area contributed by atoms with E-state index in [4.69, 9.17) is 0 Å². The lowest BCUT2D eigenvalue weighted by Crippen LogP contribution is -2.12. The predicted octanol–water partition coefficient (Wildman–Crippen LogP) is 2.23. The Morgan fingerprint density at radius 3 is 2.94 bits per heavy atom. The van der Waals surface area contributed by atoms with Gasteiger partial charge < -0.3 is 15.0 Å². The molecule has 1 amide bonds. The van der Waals surface area contributed by atoms with Crippen molar-refractivity contribution < 1.29 is 9.90 Å². The highest BCUT2D eigenvalue weighted by atomic mass is 16.3. The normalized spacial score (nSPS) is 15.1. The molecule has 1 heterocycles. The molecule has 0 aliphatic heterocycles. The van der Waals surface area contributed by atoms with Crippen LogP contribution in [0.5, 0.6) is 5.75 Å². The maximum Gasteiger partial charge on any atom is 0.227 e. The van der Waals surface area contributed by atoms with Crippen molar-refractivity contribution >= 4 is 22.5 Å². The number of aromatic nitrogens is 1. The molecule has 0 spiro atoms. The monoisotopic (exact) mass is 230 g/mol. The second kappa shape index (κ2) is 3.52. The van der Waals surface area contributed by atoms with Crippen molar-refractivity contribution in [2.75, 3.05) is 5.32 Å². The predicted molar refractivity (Wildman–Crippen MR) is 65.9 cm³/mol. The van der Waals surface area contributed by atoms with Crippen molar-refractivity contribution in [2.45, 2.75) is 12.8 Å². The number of hydrogen-bond donors (Lipinski definition) is 2. The number of carbonyl (C=O) groups excluding carboxylic acids is 1. The van der Waals surface area contributed by atoms with Gasteiger partial charge in [-0.15, -0.1) is 0 Å². The highest BCUT2D eigenvalue weighted by Gasteiger charge is 2.30. The first-order valence-corrected chi connectivity index (χ1v) is 5.74. The molecule has 1 aliphatic carbocycles. The first-order valence-electron chi connectivity index (χ1n) is 5.74. The van der Waals surface area contributed by atoms with Crippen LogP contribution in [-0.4, -0.2) is 15.6 Å².